The SMILES string of the molecule is COc1ccccc1C=Nn1c(C)nnc1SCn1nc(C)c([N+](=O)[O-])c1C. The number of aryl methyl sites for hydroxylation is 2. The minimum Gasteiger partial charge on any atom is -0.496 e. The molecular weight excluding hydrogens is 382 g/mol. The summed E-state index contributed by atoms with van der Waals surface area (Å²) in [7, 11) is 1.60. The van der Waals surface area contributed by atoms with Crippen LogP contribution < -0.4 is 4.74 Å². The zero-order valence-corrected chi connectivity index (χ0v) is 16.7. The van der Waals surface area contributed by atoms with Gasteiger partial charge >= 0.3 is 5.69 Å². The second kappa shape index (κ2) is 8.21. The van der Waals surface area contributed by atoms with E-state index in [-0.39, 0.29) is 5.69 Å². The first-order valence-corrected chi connectivity index (χ1v) is 9.31. The molecule has 3 aromatic rings. The highest BCUT2D eigenvalue weighted by Crippen LogP contribution is 2.25. The molecule has 0 aliphatic carbocycles. The number of methoxy groups -OCH3 is 1. The van der Waals surface area contributed by atoms with Crippen molar-refractivity contribution < 1.29 is 9.66 Å². The van der Waals surface area contributed by atoms with E-state index in [1.807, 2.05) is 24.3 Å². The monoisotopic (exact) mass is 401 g/mol. The molecule has 0 saturated heterocycles. The second-order valence-electron chi connectivity index (χ2n) is 5.88. The van der Waals surface area contributed by atoms with E-state index in [1.54, 1.807) is 43.5 Å². The summed E-state index contributed by atoms with van der Waals surface area (Å²) in [6.07, 6.45) is 1.67. The molecule has 0 aliphatic rings. The van der Waals surface area contributed by atoms with Crippen LogP contribution in [0, 0.1) is 30.9 Å². The van der Waals surface area contributed by atoms with Crippen LogP contribution in [0.5, 0.6) is 5.75 Å². The van der Waals surface area contributed by atoms with Gasteiger partial charge in [-0.2, -0.15) is 14.9 Å². The molecule has 10 nitrogen and oxygen atoms in total. The minimum atomic E-state index is -0.414. The van der Waals surface area contributed by atoms with Gasteiger partial charge in [-0.25, -0.2) is 0 Å². The summed E-state index contributed by atoms with van der Waals surface area (Å²) in [4.78, 5) is 10.7. The molecule has 1 aromatic carbocycles. The molecule has 0 fully saturated rings. The second-order valence-corrected chi connectivity index (χ2v) is 6.79. The van der Waals surface area contributed by atoms with Gasteiger partial charge in [0.25, 0.3) is 0 Å². The lowest BCUT2D eigenvalue weighted by molar-refractivity contribution is -0.386. The van der Waals surface area contributed by atoms with Crippen LogP contribution in [0.15, 0.2) is 34.5 Å². The van der Waals surface area contributed by atoms with E-state index >= 15 is 0 Å². The summed E-state index contributed by atoms with van der Waals surface area (Å²) in [5.74, 6) is 1.68. The lowest BCUT2D eigenvalue weighted by Crippen LogP contribution is -2.02. The summed E-state index contributed by atoms with van der Waals surface area (Å²) in [5.41, 5.74) is 1.74. The Hall–Kier alpha value is -3.21. The molecular formula is C17H19N7O3S. The van der Waals surface area contributed by atoms with Crippen LogP contribution in [0.2, 0.25) is 0 Å². The number of thioether (sulfide) groups is 1. The van der Waals surface area contributed by atoms with Crippen LogP contribution in [0.25, 0.3) is 0 Å². The Morgan fingerprint density at radius 1 is 1.29 bits per heavy atom. The summed E-state index contributed by atoms with van der Waals surface area (Å²) < 4.78 is 8.51. The largest absolute Gasteiger partial charge is 0.496 e. The number of nitrogens with zero attached hydrogens (tertiary/aromatic N) is 7. The third-order valence-electron chi connectivity index (χ3n) is 4.06. The summed E-state index contributed by atoms with van der Waals surface area (Å²) in [6, 6.07) is 7.53. The average molecular weight is 401 g/mol. The number of aromatic nitrogens is 5. The molecule has 2 heterocycles. The van der Waals surface area contributed by atoms with Gasteiger partial charge in [0.2, 0.25) is 5.16 Å². The molecule has 0 aliphatic heterocycles. The smallest absolute Gasteiger partial charge is 0.312 e. The van der Waals surface area contributed by atoms with Gasteiger partial charge in [-0.15, -0.1) is 10.2 Å². The maximum absolute atomic E-state index is 11.1. The van der Waals surface area contributed by atoms with E-state index in [9.17, 15) is 10.1 Å². The van der Waals surface area contributed by atoms with Gasteiger partial charge in [-0.1, -0.05) is 23.9 Å². The molecule has 0 N–H and O–H groups in total. The molecule has 146 valence electrons. The highest BCUT2D eigenvalue weighted by Gasteiger charge is 2.22. The third kappa shape index (κ3) is 3.88. The molecule has 0 atom stereocenters. The Labute approximate surface area is 165 Å². The Bertz CT molecular complexity index is 1040. The summed E-state index contributed by atoms with van der Waals surface area (Å²) in [6.45, 7) is 5.09. The van der Waals surface area contributed by atoms with Crippen molar-refractivity contribution in [1.82, 2.24) is 24.7 Å². The first kappa shape index (κ1) is 19.5. The van der Waals surface area contributed by atoms with Crippen molar-refractivity contribution >= 4 is 23.7 Å². The Morgan fingerprint density at radius 2 is 2.04 bits per heavy atom. The van der Waals surface area contributed by atoms with Crippen LogP contribution in [0.4, 0.5) is 5.69 Å². The third-order valence-corrected chi connectivity index (χ3v) is 4.95. The highest BCUT2D eigenvalue weighted by atomic mass is 32.2. The van der Waals surface area contributed by atoms with Crippen LogP contribution in [-0.4, -0.2) is 42.9 Å². The fourth-order valence-corrected chi connectivity index (χ4v) is 3.54. The highest BCUT2D eigenvalue weighted by molar-refractivity contribution is 7.98. The maximum atomic E-state index is 11.1. The number of benzene rings is 1. The lowest BCUT2D eigenvalue weighted by atomic mass is 10.2. The lowest BCUT2D eigenvalue weighted by Gasteiger charge is -2.05. The molecule has 0 spiro atoms. The molecule has 2 aromatic heterocycles. The van der Waals surface area contributed by atoms with E-state index in [4.69, 9.17) is 4.74 Å². The number of nitro groups is 1. The molecule has 0 amide bonds. The topological polar surface area (TPSA) is 113 Å². The van der Waals surface area contributed by atoms with Crippen molar-refractivity contribution in [3.63, 3.8) is 0 Å². The van der Waals surface area contributed by atoms with Crippen molar-refractivity contribution in [2.24, 2.45) is 5.10 Å². The van der Waals surface area contributed by atoms with Gasteiger partial charge in [0.15, 0.2) is 5.82 Å². The minimum absolute atomic E-state index is 0.0347. The first-order chi connectivity index (χ1) is 13.4. The maximum Gasteiger partial charge on any atom is 0.312 e. The van der Waals surface area contributed by atoms with Gasteiger partial charge < -0.3 is 4.74 Å². The van der Waals surface area contributed by atoms with E-state index in [2.05, 4.69) is 20.4 Å². The van der Waals surface area contributed by atoms with Crippen molar-refractivity contribution in [3.05, 3.63) is 57.2 Å². The van der Waals surface area contributed by atoms with E-state index in [1.165, 1.54) is 11.8 Å². The van der Waals surface area contributed by atoms with Gasteiger partial charge in [-0.3, -0.25) is 14.8 Å². The number of hydrogen-bond acceptors (Lipinski definition) is 8. The Balaban J connectivity index is 1.81. The predicted molar refractivity (Wildman–Crippen MR) is 105 cm³/mol. The molecule has 0 saturated carbocycles. The van der Waals surface area contributed by atoms with Crippen molar-refractivity contribution in [2.75, 3.05) is 7.11 Å². The van der Waals surface area contributed by atoms with Crippen molar-refractivity contribution in [1.29, 1.82) is 0 Å². The van der Waals surface area contributed by atoms with E-state index in [0.717, 1.165) is 5.56 Å². The standard InChI is InChI=1S/C17H19N7O3S/c1-11-16(24(25)26)12(2)22(21-11)10-28-17-20-19-13(3)23(17)18-9-14-7-5-6-8-15(14)27-4/h5-9H,10H2,1-4H3. The van der Waals surface area contributed by atoms with Crippen LogP contribution in [-0.2, 0) is 5.88 Å². The van der Waals surface area contributed by atoms with Crippen molar-refractivity contribution in [2.45, 2.75) is 31.8 Å². The molecule has 3 rings (SSSR count). The number of hydrogen-bond donors (Lipinski definition) is 0. The van der Waals surface area contributed by atoms with Gasteiger partial charge in [0.05, 0.1) is 24.1 Å². The zero-order chi connectivity index (χ0) is 20.3. The predicted octanol–water partition coefficient (Wildman–Crippen LogP) is 2.95. The number of ether oxygens (including phenoxy) is 1. The first-order valence-electron chi connectivity index (χ1n) is 8.33. The molecule has 28 heavy (non-hydrogen) atoms. The van der Waals surface area contributed by atoms with Gasteiger partial charge in [0, 0.05) is 5.56 Å². The molecule has 0 bridgehead atoms. The molecule has 0 radical (unpaired) electrons. The number of para-hydroxylation sites is 1. The molecule has 11 heteroatoms. The summed E-state index contributed by atoms with van der Waals surface area (Å²) in [5, 5.41) is 28.6. The number of rotatable bonds is 7. The zero-order valence-electron chi connectivity index (χ0n) is 15.9. The van der Waals surface area contributed by atoms with Crippen LogP contribution >= 0.6 is 11.8 Å². The fraction of sp³-hybridized carbons (Fsp3) is 0.294. The molecule has 0 unspecified atom stereocenters. The Morgan fingerprint density at radius 3 is 2.71 bits per heavy atom. The van der Waals surface area contributed by atoms with E-state index in [0.29, 0.717) is 34.0 Å². The fourth-order valence-electron chi connectivity index (χ4n) is 2.65. The quantitative estimate of drug-likeness (QED) is 0.259. The average Bonchev–Trinajstić information content (AvgIpc) is 3.16. The van der Waals surface area contributed by atoms with Gasteiger partial charge in [0.1, 0.15) is 17.1 Å². The van der Waals surface area contributed by atoms with Gasteiger partial charge in [-0.05, 0) is 32.9 Å². The van der Waals surface area contributed by atoms with Crippen LogP contribution in [0.1, 0.15) is 22.8 Å². The normalized spacial score (nSPS) is 11.3. The van der Waals surface area contributed by atoms with Crippen molar-refractivity contribution in [3.8, 4) is 5.75 Å². The van der Waals surface area contributed by atoms with Crippen LogP contribution in [0.3, 0.4) is 0 Å². The van der Waals surface area contributed by atoms with E-state index < -0.39 is 4.92 Å². The Kier molecular flexibility index (Phi) is 5.73. The summed E-state index contributed by atoms with van der Waals surface area (Å²) >= 11 is 1.34.